The molecule has 1 aliphatic rings. The van der Waals surface area contributed by atoms with Crippen molar-refractivity contribution in [1.82, 2.24) is 4.31 Å². The van der Waals surface area contributed by atoms with Crippen LogP contribution in [0.15, 0.2) is 56.9 Å². The molecule has 0 bridgehead atoms. The maximum absolute atomic E-state index is 12.7. The van der Waals surface area contributed by atoms with Gasteiger partial charge in [0.25, 0.3) is 5.69 Å². The molecular weight excluding hydrogens is 452 g/mol. The van der Waals surface area contributed by atoms with E-state index in [-0.39, 0.29) is 29.4 Å². The predicted molar refractivity (Wildman–Crippen MR) is 108 cm³/mol. The Morgan fingerprint density at radius 3 is 2.50 bits per heavy atom. The first-order chi connectivity index (χ1) is 13.4. The lowest BCUT2D eigenvalue weighted by atomic mass is 10.2. The van der Waals surface area contributed by atoms with Gasteiger partial charge in [0.15, 0.2) is 0 Å². The molecule has 1 saturated heterocycles. The van der Waals surface area contributed by atoms with Crippen molar-refractivity contribution in [3.8, 4) is 0 Å². The standard InChI is InChI=1S/C17H17BrN4O5S/c18-14-3-1-13(2-4-14)12-19-20-16-6-5-15(11-17(16)22(23)24)28(25,26)21-7-9-27-10-8-21/h1-6,11-12,20H,7-10H2/b19-12+. The Kier molecular flexibility index (Phi) is 6.39. The minimum Gasteiger partial charge on any atom is -0.379 e. The molecule has 1 N–H and O–H groups in total. The van der Waals surface area contributed by atoms with Crippen LogP contribution < -0.4 is 5.43 Å². The van der Waals surface area contributed by atoms with E-state index in [4.69, 9.17) is 4.74 Å². The first kappa shape index (κ1) is 20.4. The molecule has 0 amide bonds. The number of rotatable bonds is 6. The van der Waals surface area contributed by atoms with Gasteiger partial charge in [-0.15, -0.1) is 0 Å². The number of hydrazone groups is 1. The van der Waals surface area contributed by atoms with E-state index in [0.717, 1.165) is 16.1 Å². The van der Waals surface area contributed by atoms with Gasteiger partial charge in [-0.25, -0.2) is 8.42 Å². The maximum Gasteiger partial charge on any atom is 0.295 e. The second-order valence-corrected chi connectivity index (χ2v) is 8.73. The third-order valence-electron chi connectivity index (χ3n) is 4.04. The smallest absolute Gasteiger partial charge is 0.295 e. The van der Waals surface area contributed by atoms with Crippen LogP contribution in [0.2, 0.25) is 0 Å². The second-order valence-electron chi connectivity index (χ2n) is 5.87. The van der Waals surface area contributed by atoms with E-state index in [1.807, 2.05) is 24.3 Å². The Morgan fingerprint density at radius 1 is 1.18 bits per heavy atom. The molecular formula is C17H17BrN4O5S. The van der Waals surface area contributed by atoms with Gasteiger partial charge in [0.2, 0.25) is 10.0 Å². The van der Waals surface area contributed by atoms with E-state index in [0.29, 0.717) is 13.2 Å². The van der Waals surface area contributed by atoms with E-state index in [1.54, 1.807) is 0 Å². The van der Waals surface area contributed by atoms with Crippen LogP contribution in [0.4, 0.5) is 11.4 Å². The monoisotopic (exact) mass is 468 g/mol. The van der Waals surface area contributed by atoms with Gasteiger partial charge in [-0.05, 0) is 29.8 Å². The second kappa shape index (κ2) is 8.78. The highest BCUT2D eigenvalue weighted by molar-refractivity contribution is 9.10. The lowest BCUT2D eigenvalue weighted by Crippen LogP contribution is -2.40. The number of halogens is 1. The predicted octanol–water partition coefficient (Wildman–Crippen LogP) is 2.82. The summed E-state index contributed by atoms with van der Waals surface area (Å²) < 4.78 is 32.7. The lowest BCUT2D eigenvalue weighted by Gasteiger charge is -2.26. The van der Waals surface area contributed by atoms with E-state index in [9.17, 15) is 18.5 Å². The van der Waals surface area contributed by atoms with E-state index in [2.05, 4.69) is 26.5 Å². The molecule has 11 heteroatoms. The van der Waals surface area contributed by atoms with Crippen molar-refractivity contribution in [2.24, 2.45) is 5.10 Å². The molecule has 0 aliphatic carbocycles. The number of nitro benzene ring substituents is 1. The first-order valence-electron chi connectivity index (χ1n) is 8.29. The molecule has 3 rings (SSSR count). The maximum atomic E-state index is 12.7. The molecule has 1 aliphatic heterocycles. The highest BCUT2D eigenvalue weighted by atomic mass is 79.9. The number of anilines is 1. The molecule has 9 nitrogen and oxygen atoms in total. The van der Waals surface area contributed by atoms with Crippen molar-refractivity contribution in [2.45, 2.75) is 4.90 Å². The van der Waals surface area contributed by atoms with Gasteiger partial charge in [-0.2, -0.15) is 9.41 Å². The van der Waals surface area contributed by atoms with Gasteiger partial charge in [0.1, 0.15) is 5.69 Å². The fraction of sp³-hybridized carbons (Fsp3) is 0.235. The summed E-state index contributed by atoms with van der Waals surface area (Å²) in [7, 11) is -3.82. The number of sulfonamides is 1. The summed E-state index contributed by atoms with van der Waals surface area (Å²) in [5.74, 6) is 0. The number of hydrogen-bond acceptors (Lipinski definition) is 7. The van der Waals surface area contributed by atoms with Crippen LogP contribution in [-0.2, 0) is 14.8 Å². The number of morpholine rings is 1. The summed E-state index contributed by atoms with van der Waals surface area (Å²) in [5, 5.41) is 15.4. The van der Waals surface area contributed by atoms with Crippen molar-refractivity contribution in [3.05, 3.63) is 62.6 Å². The molecule has 0 aromatic heterocycles. The van der Waals surface area contributed by atoms with Gasteiger partial charge >= 0.3 is 0 Å². The van der Waals surface area contributed by atoms with Crippen LogP contribution in [0, 0.1) is 10.1 Å². The van der Waals surface area contributed by atoms with Gasteiger partial charge < -0.3 is 4.74 Å². The van der Waals surface area contributed by atoms with Crippen LogP contribution in [0.1, 0.15) is 5.56 Å². The minimum absolute atomic E-state index is 0.0966. The third-order valence-corrected chi connectivity index (χ3v) is 6.47. The van der Waals surface area contributed by atoms with Crippen molar-refractivity contribution in [1.29, 1.82) is 0 Å². The molecule has 1 fully saturated rings. The summed E-state index contributed by atoms with van der Waals surface area (Å²) in [4.78, 5) is 10.6. The highest BCUT2D eigenvalue weighted by Crippen LogP contribution is 2.29. The van der Waals surface area contributed by atoms with Crippen molar-refractivity contribution in [2.75, 3.05) is 31.7 Å². The van der Waals surface area contributed by atoms with E-state index in [1.165, 1.54) is 22.7 Å². The minimum atomic E-state index is -3.82. The molecule has 0 saturated carbocycles. The Morgan fingerprint density at radius 2 is 1.86 bits per heavy atom. The number of ether oxygens (including phenoxy) is 1. The summed E-state index contributed by atoms with van der Waals surface area (Å²) >= 11 is 3.33. The highest BCUT2D eigenvalue weighted by Gasteiger charge is 2.28. The Labute approximate surface area is 170 Å². The topological polar surface area (TPSA) is 114 Å². The van der Waals surface area contributed by atoms with Crippen LogP contribution in [0.25, 0.3) is 0 Å². The number of hydrogen-bond donors (Lipinski definition) is 1. The fourth-order valence-corrected chi connectivity index (χ4v) is 4.27. The zero-order valence-corrected chi connectivity index (χ0v) is 17.0. The molecule has 28 heavy (non-hydrogen) atoms. The van der Waals surface area contributed by atoms with Gasteiger partial charge in [-0.3, -0.25) is 15.5 Å². The average molecular weight is 469 g/mol. The summed E-state index contributed by atoms with van der Waals surface area (Å²) in [5.41, 5.74) is 3.12. The van der Waals surface area contributed by atoms with Crippen molar-refractivity contribution >= 4 is 43.5 Å². The zero-order chi connectivity index (χ0) is 20.1. The van der Waals surface area contributed by atoms with Gasteiger partial charge in [0, 0.05) is 23.6 Å². The molecule has 1 heterocycles. The normalized spacial score (nSPS) is 15.6. The number of nitrogens with one attached hydrogen (secondary N) is 1. The molecule has 0 unspecified atom stereocenters. The summed E-state index contributed by atoms with van der Waals surface area (Å²) in [6.07, 6.45) is 1.51. The lowest BCUT2D eigenvalue weighted by molar-refractivity contribution is -0.384. The Hall–Kier alpha value is -2.34. The molecule has 2 aromatic rings. The average Bonchev–Trinajstić information content (AvgIpc) is 2.70. The molecule has 0 radical (unpaired) electrons. The summed E-state index contributed by atoms with van der Waals surface area (Å²) in [6.45, 7) is 1.03. The first-order valence-corrected chi connectivity index (χ1v) is 10.5. The van der Waals surface area contributed by atoms with Crippen molar-refractivity contribution < 1.29 is 18.1 Å². The fourth-order valence-electron chi connectivity index (χ4n) is 2.58. The van der Waals surface area contributed by atoms with E-state index >= 15 is 0 Å². The summed E-state index contributed by atoms with van der Waals surface area (Å²) in [6, 6.07) is 11.0. The molecule has 2 aromatic carbocycles. The number of benzene rings is 2. The van der Waals surface area contributed by atoms with Crippen LogP contribution in [0.3, 0.4) is 0 Å². The van der Waals surface area contributed by atoms with Crippen LogP contribution >= 0.6 is 15.9 Å². The number of nitro groups is 1. The SMILES string of the molecule is O=[N+]([O-])c1cc(S(=O)(=O)N2CCOCC2)ccc1N/N=C/c1ccc(Br)cc1. The van der Waals surface area contributed by atoms with E-state index < -0.39 is 14.9 Å². The van der Waals surface area contributed by atoms with Crippen molar-refractivity contribution in [3.63, 3.8) is 0 Å². The Bertz CT molecular complexity index is 989. The largest absolute Gasteiger partial charge is 0.379 e. The molecule has 0 spiro atoms. The number of nitrogens with zero attached hydrogens (tertiary/aromatic N) is 3. The molecule has 148 valence electrons. The van der Waals surface area contributed by atoms with Gasteiger partial charge in [0.05, 0.1) is 29.2 Å². The van der Waals surface area contributed by atoms with Crippen LogP contribution in [0.5, 0.6) is 0 Å². The third kappa shape index (κ3) is 4.73. The molecule has 0 atom stereocenters. The Balaban J connectivity index is 1.83. The quantitative estimate of drug-likeness (QED) is 0.396. The van der Waals surface area contributed by atoms with Crippen LogP contribution in [-0.4, -0.2) is 50.2 Å². The van der Waals surface area contributed by atoms with Gasteiger partial charge in [-0.1, -0.05) is 28.1 Å². The zero-order valence-electron chi connectivity index (χ0n) is 14.6.